The number of nitrogens with one attached hydrogen (secondary N) is 1. The summed E-state index contributed by atoms with van der Waals surface area (Å²) in [6, 6.07) is 7.43. The van der Waals surface area contributed by atoms with Crippen LogP contribution in [0.5, 0.6) is 5.75 Å². The summed E-state index contributed by atoms with van der Waals surface area (Å²) in [7, 11) is 0. The van der Waals surface area contributed by atoms with Crippen LogP contribution in [0.1, 0.15) is 38.7 Å². The fourth-order valence-corrected chi connectivity index (χ4v) is 1.66. The fraction of sp³-hybridized carbons (Fsp3) is 0.412. The van der Waals surface area contributed by atoms with Crippen LogP contribution >= 0.6 is 0 Å². The van der Waals surface area contributed by atoms with Gasteiger partial charge in [-0.2, -0.15) is 0 Å². The smallest absolute Gasteiger partial charge is 0.412 e. The van der Waals surface area contributed by atoms with Gasteiger partial charge >= 0.3 is 12.1 Å². The number of benzene rings is 1. The van der Waals surface area contributed by atoms with Crippen molar-refractivity contribution >= 4 is 12.1 Å². The Hall–Kier alpha value is -2.30. The Morgan fingerprint density at radius 2 is 1.91 bits per heavy atom. The van der Waals surface area contributed by atoms with Crippen molar-refractivity contribution in [1.82, 2.24) is 5.32 Å². The summed E-state index contributed by atoms with van der Waals surface area (Å²) in [5, 5.41) is 2.51. The summed E-state index contributed by atoms with van der Waals surface area (Å²) >= 11 is 0. The van der Waals surface area contributed by atoms with E-state index in [4.69, 9.17) is 9.47 Å². The van der Waals surface area contributed by atoms with Crippen molar-refractivity contribution in [1.29, 1.82) is 0 Å². The van der Waals surface area contributed by atoms with Crippen molar-refractivity contribution < 1.29 is 19.1 Å². The molecule has 0 aromatic heterocycles. The molecular formula is C17H23NO4. The second-order valence-electron chi connectivity index (χ2n) is 5.11. The van der Waals surface area contributed by atoms with Crippen LogP contribution in [0, 0.1) is 0 Å². The molecule has 0 saturated carbocycles. The lowest BCUT2D eigenvalue weighted by Gasteiger charge is -2.10. The van der Waals surface area contributed by atoms with Crippen molar-refractivity contribution in [2.75, 3.05) is 13.2 Å². The minimum atomic E-state index is -0.581. The molecule has 5 nitrogen and oxygen atoms in total. The first-order valence-electron chi connectivity index (χ1n) is 7.32. The van der Waals surface area contributed by atoms with E-state index in [0.717, 1.165) is 6.42 Å². The van der Waals surface area contributed by atoms with Crippen LogP contribution in [0.15, 0.2) is 36.4 Å². The highest BCUT2D eigenvalue weighted by atomic mass is 16.6. The molecule has 1 atom stereocenters. The molecule has 1 unspecified atom stereocenters. The lowest BCUT2D eigenvalue weighted by Crippen LogP contribution is -2.30. The van der Waals surface area contributed by atoms with E-state index in [1.54, 1.807) is 19.1 Å². The molecule has 1 N–H and O–H groups in total. The molecule has 0 heterocycles. The zero-order valence-electron chi connectivity index (χ0n) is 13.3. The number of amides is 1. The molecule has 1 amide bonds. The third kappa shape index (κ3) is 5.99. The average molecular weight is 305 g/mol. The lowest BCUT2D eigenvalue weighted by molar-refractivity contribution is -0.138. The maximum Gasteiger partial charge on any atom is 0.412 e. The van der Waals surface area contributed by atoms with Crippen LogP contribution in [-0.2, 0) is 9.53 Å². The highest BCUT2D eigenvalue weighted by Gasteiger charge is 2.07. The van der Waals surface area contributed by atoms with E-state index in [-0.39, 0.29) is 13.2 Å². The second kappa shape index (κ2) is 8.87. The molecule has 0 aliphatic rings. The van der Waals surface area contributed by atoms with Gasteiger partial charge in [-0.05, 0) is 37.0 Å². The molecule has 0 spiro atoms. The van der Waals surface area contributed by atoms with E-state index in [0.29, 0.717) is 17.2 Å². The van der Waals surface area contributed by atoms with Gasteiger partial charge < -0.3 is 14.8 Å². The molecule has 1 rings (SSSR count). The van der Waals surface area contributed by atoms with Gasteiger partial charge in [0.2, 0.25) is 0 Å². The molecule has 0 aliphatic heterocycles. The van der Waals surface area contributed by atoms with Crippen LogP contribution < -0.4 is 10.1 Å². The lowest BCUT2D eigenvalue weighted by atomic mass is 9.99. The maximum atomic E-state index is 11.6. The molecule has 0 saturated heterocycles. The van der Waals surface area contributed by atoms with Crippen molar-refractivity contribution in [2.45, 2.75) is 33.1 Å². The highest BCUT2D eigenvalue weighted by Crippen LogP contribution is 2.21. The molecule has 5 heteroatoms. The van der Waals surface area contributed by atoms with E-state index in [9.17, 15) is 9.59 Å². The summed E-state index contributed by atoms with van der Waals surface area (Å²) in [6.45, 7) is 9.56. The maximum absolute atomic E-state index is 11.6. The van der Waals surface area contributed by atoms with Crippen LogP contribution in [-0.4, -0.2) is 25.2 Å². The van der Waals surface area contributed by atoms with E-state index >= 15 is 0 Å². The van der Waals surface area contributed by atoms with Gasteiger partial charge in [-0.3, -0.25) is 0 Å². The van der Waals surface area contributed by atoms with Gasteiger partial charge in [0.15, 0.2) is 0 Å². The summed E-state index contributed by atoms with van der Waals surface area (Å²) in [5.41, 5.74) is 1.53. The Labute approximate surface area is 131 Å². The Morgan fingerprint density at radius 1 is 1.27 bits per heavy atom. The number of hydrogen-bond acceptors (Lipinski definition) is 4. The first-order valence-corrected chi connectivity index (χ1v) is 7.32. The second-order valence-corrected chi connectivity index (χ2v) is 5.11. The van der Waals surface area contributed by atoms with Crippen LogP contribution in [0.2, 0.25) is 0 Å². The monoisotopic (exact) mass is 305 g/mol. The van der Waals surface area contributed by atoms with E-state index < -0.39 is 12.1 Å². The number of hydrogen-bond donors (Lipinski definition) is 1. The van der Waals surface area contributed by atoms with Gasteiger partial charge in [0.05, 0.1) is 6.54 Å². The zero-order chi connectivity index (χ0) is 16.5. The molecule has 0 bridgehead atoms. The summed E-state index contributed by atoms with van der Waals surface area (Å²) in [4.78, 5) is 22.7. The fourth-order valence-electron chi connectivity index (χ4n) is 1.66. The van der Waals surface area contributed by atoms with Crippen LogP contribution in [0.4, 0.5) is 4.79 Å². The summed E-state index contributed by atoms with van der Waals surface area (Å²) < 4.78 is 9.98. The Morgan fingerprint density at radius 3 is 2.45 bits per heavy atom. The van der Waals surface area contributed by atoms with Gasteiger partial charge in [-0.25, -0.2) is 9.59 Å². The minimum absolute atomic E-state index is 0.0771. The molecule has 120 valence electrons. The predicted molar refractivity (Wildman–Crippen MR) is 84.9 cm³/mol. The molecule has 0 aliphatic carbocycles. The van der Waals surface area contributed by atoms with E-state index in [1.165, 1.54) is 5.56 Å². The third-order valence-electron chi connectivity index (χ3n) is 3.23. The van der Waals surface area contributed by atoms with Gasteiger partial charge in [0, 0.05) is 5.57 Å². The largest absolute Gasteiger partial charge is 0.460 e. The van der Waals surface area contributed by atoms with Gasteiger partial charge in [-0.15, -0.1) is 0 Å². The molecule has 0 fully saturated rings. The Bertz CT molecular complexity index is 522. The minimum Gasteiger partial charge on any atom is -0.460 e. The summed E-state index contributed by atoms with van der Waals surface area (Å²) in [6.07, 6.45) is 0.478. The van der Waals surface area contributed by atoms with Crippen molar-refractivity contribution in [3.8, 4) is 5.75 Å². The van der Waals surface area contributed by atoms with E-state index in [1.807, 2.05) is 12.1 Å². The molecular weight excluding hydrogens is 282 g/mol. The van der Waals surface area contributed by atoms with Gasteiger partial charge in [-0.1, -0.05) is 32.6 Å². The Kier molecular flexibility index (Phi) is 7.16. The number of esters is 1. The van der Waals surface area contributed by atoms with Crippen LogP contribution in [0.25, 0.3) is 0 Å². The van der Waals surface area contributed by atoms with Crippen LogP contribution in [0.3, 0.4) is 0 Å². The molecule has 22 heavy (non-hydrogen) atoms. The number of rotatable bonds is 7. The zero-order valence-corrected chi connectivity index (χ0v) is 13.3. The quantitative estimate of drug-likeness (QED) is 0.476. The van der Waals surface area contributed by atoms with Gasteiger partial charge in [0.1, 0.15) is 12.4 Å². The molecule has 0 radical (unpaired) electrons. The number of ether oxygens (including phenoxy) is 2. The molecule has 1 aromatic carbocycles. The SMILES string of the molecule is C=C(C)C(=O)OCCNC(=O)Oc1ccc(C(C)CC)cc1. The Balaban J connectivity index is 2.33. The standard InChI is InChI=1S/C17H23NO4/c1-5-13(4)14-6-8-15(9-7-14)22-17(20)18-10-11-21-16(19)12(2)3/h6-9,13H,2,5,10-11H2,1,3-4H3,(H,18,20). The third-order valence-corrected chi connectivity index (χ3v) is 3.23. The van der Waals surface area contributed by atoms with E-state index in [2.05, 4.69) is 25.7 Å². The summed E-state index contributed by atoms with van der Waals surface area (Å²) in [5.74, 6) is 0.477. The molecule has 1 aromatic rings. The average Bonchev–Trinajstić information content (AvgIpc) is 2.51. The van der Waals surface area contributed by atoms with Crippen molar-refractivity contribution in [3.05, 3.63) is 42.0 Å². The number of carbonyl (C=O) groups excluding carboxylic acids is 2. The topological polar surface area (TPSA) is 64.6 Å². The first kappa shape index (κ1) is 17.8. The van der Waals surface area contributed by atoms with Crippen molar-refractivity contribution in [3.63, 3.8) is 0 Å². The highest BCUT2D eigenvalue weighted by molar-refractivity contribution is 5.86. The number of carbonyl (C=O) groups is 2. The van der Waals surface area contributed by atoms with Crippen molar-refractivity contribution in [2.24, 2.45) is 0 Å². The van der Waals surface area contributed by atoms with Gasteiger partial charge in [0.25, 0.3) is 0 Å². The normalized spacial score (nSPS) is 11.4. The first-order chi connectivity index (χ1) is 10.4. The predicted octanol–water partition coefficient (Wildman–Crippen LogP) is 3.41.